The van der Waals surface area contributed by atoms with Crippen molar-refractivity contribution in [1.82, 2.24) is 15.5 Å². The van der Waals surface area contributed by atoms with Gasteiger partial charge in [-0.05, 0) is 46.4 Å². The minimum atomic E-state index is 0. The molecule has 2 aromatic rings. The van der Waals surface area contributed by atoms with Crippen LogP contribution in [-0.2, 0) is 17.8 Å². The van der Waals surface area contributed by atoms with Gasteiger partial charge in [-0.15, -0.1) is 24.0 Å². The van der Waals surface area contributed by atoms with E-state index in [2.05, 4.69) is 70.5 Å². The van der Waals surface area contributed by atoms with Crippen LogP contribution in [-0.4, -0.2) is 50.3 Å². The average Bonchev–Trinajstić information content (AvgIpc) is 3.27. The van der Waals surface area contributed by atoms with E-state index in [1.165, 1.54) is 16.7 Å². The fourth-order valence-electron chi connectivity index (χ4n) is 3.20. The lowest BCUT2D eigenvalue weighted by atomic mass is 10.1. The Hall–Kier alpha value is -1.16. The Kier molecular flexibility index (Phi) is 11.0. The van der Waals surface area contributed by atoms with Gasteiger partial charge in [0.05, 0.1) is 19.8 Å². The first-order valence-electron chi connectivity index (χ1n) is 10.2. The molecule has 1 aromatic heterocycles. The number of guanidine groups is 1. The second-order valence-electron chi connectivity index (χ2n) is 7.24. The topological polar surface area (TPSA) is 48.9 Å². The molecule has 3 rings (SSSR count). The van der Waals surface area contributed by atoms with Gasteiger partial charge in [-0.1, -0.05) is 31.2 Å². The lowest BCUT2D eigenvalue weighted by Gasteiger charge is -2.26. The summed E-state index contributed by atoms with van der Waals surface area (Å²) in [6.45, 7) is 11.5. The summed E-state index contributed by atoms with van der Waals surface area (Å²) in [5, 5.41) is 11.2. The van der Waals surface area contributed by atoms with Crippen LogP contribution < -0.4 is 10.6 Å². The smallest absolute Gasteiger partial charge is 0.191 e. The van der Waals surface area contributed by atoms with E-state index in [9.17, 15) is 0 Å². The Morgan fingerprint density at radius 1 is 1.14 bits per heavy atom. The van der Waals surface area contributed by atoms with E-state index in [0.717, 1.165) is 51.9 Å². The molecular weight excluding hydrogens is 495 g/mol. The van der Waals surface area contributed by atoms with Gasteiger partial charge in [0.15, 0.2) is 5.96 Å². The van der Waals surface area contributed by atoms with Crippen LogP contribution >= 0.6 is 35.3 Å². The summed E-state index contributed by atoms with van der Waals surface area (Å²) in [6, 6.07) is 11.0. The van der Waals surface area contributed by atoms with Crippen molar-refractivity contribution in [3.63, 3.8) is 0 Å². The number of rotatable bonds is 8. The highest BCUT2D eigenvalue weighted by atomic mass is 127. The summed E-state index contributed by atoms with van der Waals surface area (Å²) in [6.07, 6.45) is 0. The van der Waals surface area contributed by atoms with Gasteiger partial charge in [-0.25, -0.2) is 4.99 Å². The molecule has 7 heteroatoms. The zero-order chi connectivity index (χ0) is 19.6. The number of halogens is 1. The first-order chi connectivity index (χ1) is 13.7. The summed E-state index contributed by atoms with van der Waals surface area (Å²) in [5.74, 6) is 1.34. The molecule has 0 amide bonds. The number of hydrogen-bond acceptors (Lipinski definition) is 4. The quantitative estimate of drug-likeness (QED) is 0.309. The largest absolute Gasteiger partial charge is 0.379 e. The first-order valence-corrected chi connectivity index (χ1v) is 11.1. The van der Waals surface area contributed by atoms with Gasteiger partial charge >= 0.3 is 0 Å². The Balaban J connectivity index is 0.00000300. The Morgan fingerprint density at radius 2 is 1.86 bits per heavy atom. The van der Waals surface area contributed by atoms with Crippen molar-refractivity contribution in [1.29, 1.82) is 0 Å². The van der Waals surface area contributed by atoms with Crippen molar-refractivity contribution in [3.05, 3.63) is 57.8 Å². The normalized spacial score (nSPS) is 16.1. The van der Waals surface area contributed by atoms with Gasteiger partial charge in [0, 0.05) is 32.7 Å². The van der Waals surface area contributed by atoms with Crippen molar-refractivity contribution in [2.45, 2.75) is 32.9 Å². The number of ether oxygens (including phenoxy) is 1. The second-order valence-corrected chi connectivity index (χ2v) is 8.02. The maximum atomic E-state index is 5.42. The lowest BCUT2D eigenvalue weighted by molar-refractivity contribution is 0.0342. The van der Waals surface area contributed by atoms with Gasteiger partial charge in [0.25, 0.3) is 0 Å². The Morgan fingerprint density at radius 3 is 2.52 bits per heavy atom. The number of thiophene rings is 1. The maximum Gasteiger partial charge on any atom is 0.191 e. The first kappa shape index (κ1) is 24.1. The van der Waals surface area contributed by atoms with Crippen molar-refractivity contribution in [3.8, 4) is 0 Å². The zero-order valence-corrected chi connectivity index (χ0v) is 20.5. The summed E-state index contributed by atoms with van der Waals surface area (Å²) in [4.78, 5) is 7.20. The predicted octanol–water partition coefficient (Wildman–Crippen LogP) is 4.06. The molecule has 0 radical (unpaired) electrons. The lowest BCUT2D eigenvalue weighted by Crippen LogP contribution is -2.39. The van der Waals surface area contributed by atoms with Gasteiger partial charge in [-0.2, -0.15) is 11.3 Å². The highest BCUT2D eigenvalue weighted by molar-refractivity contribution is 14.0. The van der Waals surface area contributed by atoms with Crippen LogP contribution in [0.1, 0.15) is 36.5 Å². The van der Waals surface area contributed by atoms with Crippen molar-refractivity contribution >= 4 is 41.3 Å². The molecule has 0 aliphatic carbocycles. The van der Waals surface area contributed by atoms with E-state index in [1.54, 1.807) is 11.3 Å². The van der Waals surface area contributed by atoms with Crippen LogP contribution in [0.5, 0.6) is 0 Å². The number of nitrogens with zero attached hydrogens (tertiary/aromatic N) is 2. The van der Waals surface area contributed by atoms with E-state index in [0.29, 0.717) is 12.5 Å². The Labute approximate surface area is 196 Å². The molecule has 1 saturated heterocycles. The standard InChI is InChI=1S/C22H32N4OS.HI/c1-3-23-22(24-14-18(2)21-8-13-28-17-21)25-15-19-4-6-20(7-5-19)16-26-9-11-27-12-10-26;/h4-8,13,17-18H,3,9-12,14-16H2,1-2H3,(H2,23,24,25);1H. The highest BCUT2D eigenvalue weighted by Crippen LogP contribution is 2.17. The molecule has 29 heavy (non-hydrogen) atoms. The number of morpholine rings is 1. The zero-order valence-electron chi connectivity index (χ0n) is 17.4. The molecular formula is C22H33IN4OS. The van der Waals surface area contributed by atoms with Crippen molar-refractivity contribution in [2.75, 3.05) is 39.4 Å². The van der Waals surface area contributed by atoms with Gasteiger partial charge < -0.3 is 15.4 Å². The Bertz CT molecular complexity index is 715. The number of aliphatic imine (C=N–C) groups is 1. The van der Waals surface area contributed by atoms with Gasteiger partial charge in [0.1, 0.15) is 0 Å². The molecule has 2 heterocycles. The third-order valence-electron chi connectivity index (χ3n) is 4.98. The summed E-state index contributed by atoms with van der Waals surface area (Å²) in [7, 11) is 0. The fraction of sp³-hybridized carbons (Fsp3) is 0.500. The minimum absolute atomic E-state index is 0. The predicted molar refractivity (Wildman–Crippen MR) is 134 cm³/mol. The van der Waals surface area contributed by atoms with Crippen LogP contribution in [0.2, 0.25) is 0 Å². The molecule has 160 valence electrons. The summed E-state index contributed by atoms with van der Waals surface area (Å²) >= 11 is 1.75. The van der Waals surface area contributed by atoms with E-state index >= 15 is 0 Å². The van der Waals surface area contributed by atoms with E-state index in [4.69, 9.17) is 9.73 Å². The minimum Gasteiger partial charge on any atom is -0.379 e. The molecule has 1 aliphatic heterocycles. The fourth-order valence-corrected chi connectivity index (χ4v) is 3.98. The van der Waals surface area contributed by atoms with E-state index < -0.39 is 0 Å². The number of hydrogen-bond donors (Lipinski definition) is 2. The molecule has 0 saturated carbocycles. The van der Waals surface area contributed by atoms with Crippen LogP contribution in [0.25, 0.3) is 0 Å². The molecule has 1 unspecified atom stereocenters. The molecule has 1 atom stereocenters. The number of nitrogens with one attached hydrogen (secondary N) is 2. The average molecular weight is 529 g/mol. The second kappa shape index (κ2) is 13.2. The molecule has 1 fully saturated rings. The third-order valence-corrected chi connectivity index (χ3v) is 5.69. The van der Waals surface area contributed by atoms with Crippen LogP contribution in [0.15, 0.2) is 46.1 Å². The third kappa shape index (κ3) is 8.24. The van der Waals surface area contributed by atoms with Crippen molar-refractivity contribution in [2.24, 2.45) is 4.99 Å². The van der Waals surface area contributed by atoms with Crippen LogP contribution in [0, 0.1) is 0 Å². The van der Waals surface area contributed by atoms with E-state index in [-0.39, 0.29) is 24.0 Å². The SMILES string of the molecule is CCNC(=NCc1ccc(CN2CCOCC2)cc1)NCC(C)c1ccsc1.I. The molecule has 5 nitrogen and oxygen atoms in total. The van der Waals surface area contributed by atoms with Gasteiger partial charge in [0.2, 0.25) is 0 Å². The molecule has 1 aliphatic rings. The molecule has 0 bridgehead atoms. The van der Waals surface area contributed by atoms with Crippen LogP contribution in [0.3, 0.4) is 0 Å². The maximum absolute atomic E-state index is 5.42. The van der Waals surface area contributed by atoms with Crippen molar-refractivity contribution < 1.29 is 4.74 Å². The molecule has 0 spiro atoms. The van der Waals surface area contributed by atoms with Gasteiger partial charge in [-0.3, -0.25) is 4.90 Å². The monoisotopic (exact) mass is 528 g/mol. The van der Waals surface area contributed by atoms with E-state index in [1.807, 2.05) is 0 Å². The van der Waals surface area contributed by atoms with Crippen LogP contribution in [0.4, 0.5) is 0 Å². The number of benzene rings is 1. The summed E-state index contributed by atoms with van der Waals surface area (Å²) < 4.78 is 5.42. The summed E-state index contributed by atoms with van der Waals surface area (Å²) in [5.41, 5.74) is 3.96. The molecule has 1 aromatic carbocycles. The highest BCUT2D eigenvalue weighted by Gasteiger charge is 2.10. The molecule has 2 N–H and O–H groups in total.